The van der Waals surface area contributed by atoms with Crippen molar-refractivity contribution in [3.63, 3.8) is 0 Å². The molecule has 1 atom stereocenters. The monoisotopic (exact) mass is 413 g/mol. The largest absolute Gasteiger partial charge is 0.497 e. The van der Waals surface area contributed by atoms with E-state index in [1.54, 1.807) is 31.4 Å². The molecule has 2 saturated heterocycles. The maximum Gasteiger partial charge on any atom is 0.263 e. The fourth-order valence-corrected chi connectivity index (χ4v) is 4.55. The van der Waals surface area contributed by atoms with Crippen LogP contribution < -0.4 is 15.0 Å². The average molecular weight is 413 g/mol. The number of piperidine rings is 1. The summed E-state index contributed by atoms with van der Waals surface area (Å²) in [4.78, 5) is 41.6. The van der Waals surface area contributed by atoms with Gasteiger partial charge in [-0.15, -0.1) is 11.3 Å². The Hall–Kier alpha value is -2.71. The van der Waals surface area contributed by atoms with E-state index in [2.05, 4.69) is 5.32 Å². The summed E-state index contributed by atoms with van der Waals surface area (Å²) in [5.41, 5.74) is 0.557. The van der Waals surface area contributed by atoms with Crippen LogP contribution in [0.1, 0.15) is 28.9 Å². The molecular formula is C21H23N3O4S. The van der Waals surface area contributed by atoms with Gasteiger partial charge < -0.3 is 15.0 Å². The number of carbonyl (C=O) groups is 3. The van der Waals surface area contributed by atoms with Crippen LogP contribution in [0.25, 0.3) is 0 Å². The summed E-state index contributed by atoms with van der Waals surface area (Å²) >= 11 is 1.45. The van der Waals surface area contributed by atoms with Gasteiger partial charge in [0.05, 0.1) is 30.1 Å². The van der Waals surface area contributed by atoms with Crippen molar-refractivity contribution in [3.8, 4) is 5.75 Å². The first-order valence-electron chi connectivity index (χ1n) is 9.66. The first-order chi connectivity index (χ1) is 14.1. The van der Waals surface area contributed by atoms with Crippen LogP contribution in [0.15, 0.2) is 41.8 Å². The van der Waals surface area contributed by atoms with Crippen LogP contribution in [-0.2, 0) is 9.59 Å². The highest BCUT2D eigenvalue weighted by Gasteiger charge is 2.40. The van der Waals surface area contributed by atoms with E-state index in [9.17, 15) is 14.4 Å². The first-order valence-corrected chi connectivity index (χ1v) is 10.5. The summed E-state index contributed by atoms with van der Waals surface area (Å²) in [6.45, 7) is 1.29. The van der Waals surface area contributed by atoms with Crippen molar-refractivity contribution in [3.05, 3.63) is 46.7 Å². The highest BCUT2D eigenvalue weighted by molar-refractivity contribution is 7.12. The van der Waals surface area contributed by atoms with Gasteiger partial charge in [0.1, 0.15) is 5.75 Å². The topological polar surface area (TPSA) is 79.0 Å². The van der Waals surface area contributed by atoms with Gasteiger partial charge in [0.25, 0.3) is 11.8 Å². The highest BCUT2D eigenvalue weighted by Crippen LogP contribution is 2.26. The highest BCUT2D eigenvalue weighted by atomic mass is 32.1. The van der Waals surface area contributed by atoms with Crippen molar-refractivity contribution in [1.29, 1.82) is 0 Å². The molecule has 3 amide bonds. The number of methoxy groups -OCH3 is 1. The number of thiophene rings is 1. The van der Waals surface area contributed by atoms with E-state index in [1.807, 2.05) is 22.4 Å². The zero-order valence-corrected chi connectivity index (χ0v) is 17.0. The lowest BCUT2D eigenvalue weighted by atomic mass is 10.0. The van der Waals surface area contributed by atoms with E-state index < -0.39 is 6.04 Å². The maximum absolute atomic E-state index is 12.8. The summed E-state index contributed by atoms with van der Waals surface area (Å²) < 4.78 is 5.13. The van der Waals surface area contributed by atoms with Crippen LogP contribution in [0.5, 0.6) is 5.75 Å². The first kappa shape index (κ1) is 19.6. The van der Waals surface area contributed by atoms with Gasteiger partial charge in [0.15, 0.2) is 0 Å². The second kappa shape index (κ2) is 8.34. The van der Waals surface area contributed by atoms with Crippen LogP contribution >= 0.6 is 11.3 Å². The molecule has 0 unspecified atom stereocenters. The number of nitrogens with one attached hydrogen (secondary N) is 1. The molecule has 2 fully saturated rings. The van der Waals surface area contributed by atoms with Crippen molar-refractivity contribution in [1.82, 2.24) is 10.2 Å². The number of nitrogens with zero attached hydrogens (tertiary/aromatic N) is 2. The summed E-state index contributed by atoms with van der Waals surface area (Å²) in [7, 11) is 1.57. The predicted octanol–water partition coefficient (Wildman–Crippen LogP) is 2.28. The molecule has 1 N–H and O–H groups in total. The van der Waals surface area contributed by atoms with Crippen LogP contribution in [0.2, 0.25) is 0 Å². The number of carbonyl (C=O) groups excluding carboxylic acids is 3. The smallest absolute Gasteiger partial charge is 0.263 e. The fraction of sp³-hybridized carbons (Fsp3) is 0.381. The Morgan fingerprint density at radius 3 is 2.48 bits per heavy atom. The van der Waals surface area contributed by atoms with Crippen molar-refractivity contribution >= 4 is 34.7 Å². The summed E-state index contributed by atoms with van der Waals surface area (Å²) in [5, 5.41) is 5.24. The van der Waals surface area contributed by atoms with E-state index in [-0.39, 0.29) is 30.2 Å². The normalized spacial score (nSPS) is 20.4. The van der Waals surface area contributed by atoms with Crippen LogP contribution in [0.4, 0.5) is 5.69 Å². The number of ether oxygens (including phenoxy) is 1. The number of hydrogen-bond acceptors (Lipinski definition) is 6. The van der Waals surface area contributed by atoms with Gasteiger partial charge in [-0.25, -0.2) is 4.90 Å². The van der Waals surface area contributed by atoms with Crippen molar-refractivity contribution in [2.45, 2.75) is 31.3 Å². The van der Waals surface area contributed by atoms with Crippen molar-refractivity contribution in [2.75, 3.05) is 25.1 Å². The Balaban J connectivity index is 1.34. The second-order valence-corrected chi connectivity index (χ2v) is 8.18. The molecule has 2 aliphatic rings. The third-order valence-corrected chi connectivity index (χ3v) is 6.29. The molecule has 3 heterocycles. The molecule has 7 nitrogen and oxygen atoms in total. The molecule has 0 aliphatic carbocycles. The molecule has 152 valence electrons. The van der Waals surface area contributed by atoms with E-state index in [0.29, 0.717) is 24.5 Å². The SMILES string of the molecule is COc1ccc(N2C(=O)C[C@H](NC3CCN(C(=O)c4cccs4)CC3)C2=O)cc1. The van der Waals surface area contributed by atoms with Gasteiger partial charge >= 0.3 is 0 Å². The lowest BCUT2D eigenvalue weighted by Crippen LogP contribution is -2.49. The maximum atomic E-state index is 12.8. The standard InChI is InChI=1S/C21H23N3O4S/c1-28-16-6-4-15(5-7-16)24-19(25)13-17(20(24)26)22-14-8-10-23(11-9-14)21(27)18-3-2-12-29-18/h2-7,12,14,17,22H,8-11,13H2,1H3/t17-/m0/s1. The minimum Gasteiger partial charge on any atom is -0.497 e. The number of benzene rings is 1. The Labute approximate surface area is 173 Å². The van der Waals surface area contributed by atoms with Crippen LogP contribution in [0.3, 0.4) is 0 Å². The number of rotatable bonds is 5. The second-order valence-electron chi connectivity index (χ2n) is 7.23. The van der Waals surface area contributed by atoms with Gasteiger partial charge in [-0.05, 0) is 48.6 Å². The van der Waals surface area contributed by atoms with Gasteiger partial charge in [0, 0.05) is 19.1 Å². The molecule has 1 aromatic heterocycles. The molecule has 0 saturated carbocycles. The molecular weight excluding hydrogens is 390 g/mol. The van der Waals surface area contributed by atoms with Crippen molar-refractivity contribution in [2.24, 2.45) is 0 Å². The van der Waals surface area contributed by atoms with Crippen molar-refractivity contribution < 1.29 is 19.1 Å². The summed E-state index contributed by atoms with van der Waals surface area (Å²) in [6, 6.07) is 10.2. The number of amides is 3. The Bertz CT molecular complexity index is 889. The van der Waals surface area contributed by atoms with E-state index in [4.69, 9.17) is 4.74 Å². The van der Waals surface area contributed by atoms with E-state index in [1.165, 1.54) is 16.2 Å². The number of anilines is 1. The number of imide groups is 1. The summed E-state index contributed by atoms with van der Waals surface area (Å²) in [5.74, 6) is 0.308. The minimum absolute atomic E-state index is 0.0660. The fourth-order valence-electron chi connectivity index (χ4n) is 3.85. The molecule has 4 rings (SSSR count). The molecule has 1 aromatic carbocycles. The lowest BCUT2D eigenvalue weighted by molar-refractivity contribution is -0.121. The third kappa shape index (κ3) is 4.04. The molecule has 2 aliphatic heterocycles. The molecule has 2 aromatic rings. The minimum atomic E-state index is -0.519. The zero-order chi connectivity index (χ0) is 20.4. The molecule has 29 heavy (non-hydrogen) atoms. The van der Waals surface area contributed by atoms with Gasteiger partial charge in [0.2, 0.25) is 5.91 Å². The number of hydrogen-bond donors (Lipinski definition) is 1. The van der Waals surface area contributed by atoms with Gasteiger partial charge in [-0.1, -0.05) is 6.07 Å². The van der Waals surface area contributed by atoms with Gasteiger partial charge in [-0.3, -0.25) is 14.4 Å². The predicted molar refractivity (Wildman–Crippen MR) is 110 cm³/mol. The average Bonchev–Trinajstić information content (AvgIpc) is 3.37. The Morgan fingerprint density at radius 1 is 1.14 bits per heavy atom. The lowest BCUT2D eigenvalue weighted by Gasteiger charge is -2.33. The zero-order valence-electron chi connectivity index (χ0n) is 16.2. The molecule has 0 radical (unpaired) electrons. The number of likely N-dealkylation sites (tertiary alicyclic amines) is 1. The van der Waals surface area contributed by atoms with E-state index in [0.717, 1.165) is 17.7 Å². The Morgan fingerprint density at radius 2 is 1.86 bits per heavy atom. The Kier molecular flexibility index (Phi) is 5.64. The van der Waals surface area contributed by atoms with Gasteiger partial charge in [-0.2, -0.15) is 0 Å². The van der Waals surface area contributed by atoms with Crippen LogP contribution in [0, 0.1) is 0 Å². The summed E-state index contributed by atoms with van der Waals surface area (Å²) in [6.07, 6.45) is 1.68. The molecule has 0 spiro atoms. The van der Waals surface area contributed by atoms with E-state index >= 15 is 0 Å². The van der Waals surface area contributed by atoms with Crippen LogP contribution in [-0.4, -0.2) is 54.9 Å². The molecule has 0 bridgehead atoms. The quantitative estimate of drug-likeness (QED) is 0.761. The molecule has 8 heteroatoms. The third-order valence-electron chi connectivity index (χ3n) is 5.43.